The number of carbonyl (C=O) groups excluding carboxylic acids is 2. The quantitative estimate of drug-likeness (QED) is 0.111. The largest absolute Gasteiger partial charge is 0.444 e. The van der Waals surface area contributed by atoms with Gasteiger partial charge >= 0.3 is 6.09 Å². The number of hydrogen-bond donors (Lipinski definition) is 12. The van der Waals surface area contributed by atoms with E-state index in [0.717, 1.165) is 0 Å². The van der Waals surface area contributed by atoms with Gasteiger partial charge in [-0.1, -0.05) is 0 Å². The predicted molar refractivity (Wildman–Crippen MR) is 146 cm³/mol. The lowest BCUT2D eigenvalue weighted by Gasteiger charge is -2.48. The maximum Gasteiger partial charge on any atom is 0.408 e. The molecule has 1 saturated carbocycles. The van der Waals surface area contributed by atoms with Crippen LogP contribution < -0.4 is 27.8 Å². The summed E-state index contributed by atoms with van der Waals surface area (Å²) in [5.41, 5.74) is 17.4. The average Bonchev–Trinajstić information content (AvgIpc) is 2.94. The summed E-state index contributed by atoms with van der Waals surface area (Å²) in [7, 11) is 0. The van der Waals surface area contributed by atoms with Crippen molar-refractivity contribution < 1.29 is 69.0 Å². The second-order valence-electron chi connectivity index (χ2n) is 12.2. The number of aliphatic hydroxyl groups is 7. The van der Waals surface area contributed by atoms with Gasteiger partial charge in [0.1, 0.15) is 66.6 Å². The van der Waals surface area contributed by atoms with Gasteiger partial charge in [0.25, 0.3) is 0 Å². The molecule has 19 heteroatoms. The van der Waals surface area contributed by atoms with Crippen molar-refractivity contribution >= 4 is 12.0 Å². The lowest BCUT2D eigenvalue weighted by atomic mass is 9.84. The molecule has 1 aliphatic carbocycles. The topological polar surface area (TPSA) is 324 Å². The van der Waals surface area contributed by atoms with Crippen molar-refractivity contribution in [2.24, 2.45) is 17.2 Å². The normalized spacial score (nSPS) is 43.2. The van der Waals surface area contributed by atoms with Gasteiger partial charge in [-0.2, -0.15) is 0 Å². The minimum atomic E-state index is -1.81. The summed E-state index contributed by atoms with van der Waals surface area (Å²) in [6.45, 7) is 3.49. The van der Waals surface area contributed by atoms with E-state index in [0.29, 0.717) is 0 Å². The standard InChI is InChI=1S/C25H47N5O14/c1-25(2,3)44-24(39)30-6-12(32)29-5-10-15(34)17(36)18(37)23(40-10)43-21-9(27)4-8(26)20(19(21)38)42-22-16(35)13(28)14(33)11(7-31)41-22/h8-11,13-23,31,33-38H,4-7,26-28H2,1-3H3,(H,29,32)(H,30,39)/t8-,9+,10-,11-,13+,14-,15-,16-,17+,18-,19-,20+,21-,22-,23-/m1/s1. The first-order valence-corrected chi connectivity index (χ1v) is 14.3. The third-order valence-corrected chi connectivity index (χ3v) is 7.54. The van der Waals surface area contributed by atoms with Crippen molar-refractivity contribution in [2.45, 2.75) is 125 Å². The van der Waals surface area contributed by atoms with Gasteiger partial charge in [-0.3, -0.25) is 4.79 Å². The maximum absolute atomic E-state index is 12.2. The Bertz CT molecular complexity index is 959. The summed E-state index contributed by atoms with van der Waals surface area (Å²) in [6.07, 6.45) is -18.9. The third kappa shape index (κ3) is 8.91. The molecule has 0 bridgehead atoms. The zero-order valence-corrected chi connectivity index (χ0v) is 24.7. The van der Waals surface area contributed by atoms with Gasteiger partial charge in [-0.15, -0.1) is 0 Å². The SMILES string of the molecule is CC(C)(C)OC(=O)NCC(=O)NC[C@H]1O[C@H](O[C@H]2[C@H](O)[C@@H](O[C@H]3O[C@H](CO)[C@@H](O)[C@H](N)[C@H]3O)[C@H](N)C[C@@H]2N)[C@H](O)[C@@H](O)[C@@H]1O. The highest BCUT2D eigenvalue weighted by molar-refractivity contribution is 5.82. The van der Waals surface area contributed by atoms with Crippen molar-refractivity contribution in [1.29, 1.82) is 0 Å². The first-order chi connectivity index (χ1) is 20.4. The zero-order chi connectivity index (χ0) is 33.1. The lowest BCUT2D eigenvalue weighted by Crippen LogP contribution is -2.68. The van der Waals surface area contributed by atoms with Crippen LogP contribution in [0.5, 0.6) is 0 Å². The number of aliphatic hydroxyl groups excluding tert-OH is 7. The molecule has 2 saturated heterocycles. The highest BCUT2D eigenvalue weighted by Crippen LogP contribution is 2.31. The van der Waals surface area contributed by atoms with Crippen LogP contribution in [0.1, 0.15) is 27.2 Å². The molecule has 0 aromatic carbocycles. The number of amides is 2. The van der Waals surface area contributed by atoms with Crippen LogP contribution in [0.25, 0.3) is 0 Å². The van der Waals surface area contributed by atoms with Gasteiger partial charge in [-0.25, -0.2) is 4.79 Å². The van der Waals surface area contributed by atoms with Crippen LogP contribution in [-0.2, 0) is 28.5 Å². The number of nitrogens with two attached hydrogens (primary N) is 3. The Labute approximate surface area is 253 Å². The molecule has 15 atom stereocenters. The van der Waals surface area contributed by atoms with Crippen LogP contribution in [0, 0.1) is 0 Å². The zero-order valence-electron chi connectivity index (χ0n) is 24.7. The predicted octanol–water partition coefficient (Wildman–Crippen LogP) is -6.61. The summed E-state index contributed by atoms with van der Waals surface area (Å²) < 4.78 is 27.6. The van der Waals surface area contributed by atoms with Crippen LogP contribution in [0.2, 0.25) is 0 Å². The molecule has 0 spiro atoms. The van der Waals surface area contributed by atoms with E-state index in [1.807, 2.05) is 0 Å². The summed E-state index contributed by atoms with van der Waals surface area (Å²) in [5, 5.41) is 77.3. The Morgan fingerprint density at radius 1 is 0.773 bits per heavy atom. The molecule has 3 rings (SSSR count). The second-order valence-corrected chi connectivity index (χ2v) is 12.2. The van der Waals surface area contributed by atoms with Gasteiger partial charge in [0.2, 0.25) is 5.91 Å². The molecule has 2 heterocycles. The third-order valence-electron chi connectivity index (χ3n) is 7.54. The molecule has 0 aromatic rings. The van der Waals surface area contributed by atoms with Crippen LogP contribution in [0.4, 0.5) is 4.79 Å². The van der Waals surface area contributed by atoms with Crippen molar-refractivity contribution in [1.82, 2.24) is 10.6 Å². The molecule has 3 aliphatic rings. The maximum atomic E-state index is 12.2. The number of ether oxygens (including phenoxy) is 5. The molecule has 44 heavy (non-hydrogen) atoms. The number of alkyl carbamates (subject to hydrolysis) is 1. The van der Waals surface area contributed by atoms with Gasteiger partial charge in [-0.05, 0) is 27.2 Å². The van der Waals surface area contributed by atoms with Crippen molar-refractivity contribution in [3.8, 4) is 0 Å². The highest BCUT2D eigenvalue weighted by Gasteiger charge is 2.51. The molecule has 15 N–H and O–H groups in total. The lowest BCUT2D eigenvalue weighted by molar-refractivity contribution is -0.332. The van der Waals surface area contributed by atoms with Crippen LogP contribution in [-0.4, -0.2) is 165 Å². The molecular weight excluding hydrogens is 594 g/mol. The average molecular weight is 642 g/mol. The highest BCUT2D eigenvalue weighted by atomic mass is 16.7. The Hall–Kier alpha value is -1.82. The summed E-state index contributed by atoms with van der Waals surface area (Å²) in [4.78, 5) is 24.0. The van der Waals surface area contributed by atoms with E-state index in [1.165, 1.54) is 0 Å². The summed E-state index contributed by atoms with van der Waals surface area (Å²) >= 11 is 0. The smallest absolute Gasteiger partial charge is 0.408 e. The van der Waals surface area contributed by atoms with Crippen molar-refractivity contribution in [3.63, 3.8) is 0 Å². The van der Waals surface area contributed by atoms with E-state index in [2.05, 4.69) is 10.6 Å². The minimum Gasteiger partial charge on any atom is -0.444 e. The Balaban J connectivity index is 1.62. The van der Waals surface area contributed by atoms with Crippen molar-refractivity contribution in [3.05, 3.63) is 0 Å². The fraction of sp³-hybridized carbons (Fsp3) is 0.920. The van der Waals surface area contributed by atoms with Gasteiger partial charge in [0.15, 0.2) is 12.6 Å². The van der Waals surface area contributed by atoms with Crippen LogP contribution >= 0.6 is 0 Å². The first-order valence-electron chi connectivity index (χ1n) is 14.3. The Kier molecular flexibility index (Phi) is 12.6. The first kappa shape index (κ1) is 36.6. The van der Waals surface area contributed by atoms with E-state index in [4.69, 9.17) is 40.9 Å². The van der Waals surface area contributed by atoms with E-state index in [9.17, 15) is 45.3 Å². The van der Waals surface area contributed by atoms with Crippen LogP contribution in [0.15, 0.2) is 0 Å². The monoisotopic (exact) mass is 641 g/mol. The molecule has 19 nitrogen and oxygen atoms in total. The Morgan fingerprint density at radius 2 is 1.32 bits per heavy atom. The summed E-state index contributed by atoms with van der Waals surface area (Å²) in [6, 6.07) is -3.10. The number of nitrogens with one attached hydrogen (secondary N) is 2. The van der Waals surface area contributed by atoms with Gasteiger partial charge in [0.05, 0.1) is 19.2 Å². The second kappa shape index (κ2) is 15.2. The molecule has 0 radical (unpaired) electrons. The van der Waals surface area contributed by atoms with E-state index in [1.54, 1.807) is 20.8 Å². The fourth-order valence-corrected chi connectivity index (χ4v) is 5.12. The molecule has 2 amide bonds. The fourth-order valence-electron chi connectivity index (χ4n) is 5.12. The molecule has 256 valence electrons. The molecule has 0 unspecified atom stereocenters. The van der Waals surface area contributed by atoms with E-state index < -0.39 is 122 Å². The van der Waals surface area contributed by atoms with Gasteiger partial charge < -0.3 is 87.3 Å². The van der Waals surface area contributed by atoms with E-state index >= 15 is 0 Å². The van der Waals surface area contributed by atoms with E-state index in [-0.39, 0.29) is 13.0 Å². The molecular formula is C25H47N5O14. The minimum absolute atomic E-state index is 0.00540. The van der Waals surface area contributed by atoms with Crippen molar-refractivity contribution in [2.75, 3.05) is 19.7 Å². The molecule has 3 fully saturated rings. The number of carbonyl (C=O) groups is 2. The number of rotatable bonds is 9. The molecule has 0 aromatic heterocycles. The molecule has 2 aliphatic heterocycles. The summed E-state index contributed by atoms with van der Waals surface area (Å²) in [5.74, 6) is -0.675. The van der Waals surface area contributed by atoms with Crippen LogP contribution in [0.3, 0.4) is 0 Å². The van der Waals surface area contributed by atoms with Gasteiger partial charge in [0, 0.05) is 18.6 Å². The number of hydrogen-bond acceptors (Lipinski definition) is 17. The Morgan fingerprint density at radius 3 is 1.86 bits per heavy atom.